The van der Waals surface area contributed by atoms with E-state index in [9.17, 15) is 4.79 Å². The number of hydrogen-bond donors (Lipinski definition) is 0. The second kappa shape index (κ2) is 7.00. The predicted molar refractivity (Wildman–Crippen MR) is 97.6 cm³/mol. The average molecular weight is 348 g/mol. The molecule has 1 aliphatic heterocycles. The van der Waals surface area contributed by atoms with Crippen LogP contribution in [0.25, 0.3) is 11.3 Å². The van der Waals surface area contributed by atoms with Gasteiger partial charge in [0.25, 0.3) is 5.91 Å². The van der Waals surface area contributed by atoms with E-state index in [4.69, 9.17) is 4.74 Å². The summed E-state index contributed by atoms with van der Waals surface area (Å²) in [6.45, 7) is 3.03. The molecule has 3 aromatic rings. The predicted octanol–water partition coefficient (Wildman–Crippen LogP) is 2.80. The topological polar surface area (TPSA) is 60.2 Å². The SMILES string of the molecule is CC(Oc1ccccc1)C(=O)N1CC(n2cc(-c3ccccc3)nn2)C1. The fraction of sp³-hybridized carbons (Fsp3) is 0.250. The minimum atomic E-state index is -0.506. The highest BCUT2D eigenvalue weighted by Gasteiger charge is 2.35. The molecule has 2 heterocycles. The van der Waals surface area contributed by atoms with E-state index in [1.807, 2.05) is 71.5 Å². The van der Waals surface area contributed by atoms with Crippen LogP contribution < -0.4 is 4.74 Å². The fourth-order valence-electron chi connectivity index (χ4n) is 3.01. The Kier molecular flexibility index (Phi) is 4.39. The lowest BCUT2D eigenvalue weighted by Crippen LogP contribution is -2.54. The van der Waals surface area contributed by atoms with Crippen molar-refractivity contribution in [1.29, 1.82) is 0 Å². The van der Waals surface area contributed by atoms with E-state index in [1.165, 1.54) is 0 Å². The zero-order valence-corrected chi connectivity index (χ0v) is 14.5. The molecule has 0 radical (unpaired) electrons. The van der Waals surface area contributed by atoms with Gasteiger partial charge in [-0.05, 0) is 19.1 Å². The van der Waals surface area contributed by atoms with Gasteiger partial charge < -0.3 is 9.64 Å². The Balaban J connectivity index is 1.34. The molecule has 4 rings (SSSR count). The second-order valence-corrected chi connectivity index (χ2v) is 6.42. The molecular formula is C20H20N4O2. The summed E-state index contributed by atoms with van der Waals surface area (Å²) in [5.74, 6) is 0.697. The summed E-state index contributed by atoms with van der Waals surface area (Å²) in [4.78, 5) is 14.3. The van der Waals surface area contributed by atoms with Gasteiger partial charge in [0.15, 0.2) is 6.10 Å². The molecule has 0 saturated carbocycles. The van der Waals surface area contributed by atoms with Crippen molar-refractivity contribution in [3.63, 3.8) is 0 Å². The lowest BCUT2D eigenvalue weighted by atomic mass is 10.1. The van der Waals surface area contributed by atoms with E-state index in [0.29, 0.717) is 18.8 Å². The molecule has 1 fully saturated rings. The number of benzene rings is 2. The van der Waals surface area contributed by atoms with Crippen LogP contribution in [0.3, 0.4) is 0 Å². The third-order valence-electron chi connectivity index (χ3n) is 4.53. The molecule has 1 saturated heterocycles. The maximum atomic E-state index is 12.5. The molecule has 0 bridgehead atoms. The van der Waals surface area contributed by atoms with Crippen LogP contribution in [0.1, 0.15) is 13.0 Å². The van der Waals surface area contributed by atoms with Crippen LogP contribution in [0.15, 0.2) is 66.9 Å². The van der Waals surface area contributed by atoms with E-state index >= 15 is 0 Å². The molecule has 1 aliphatic rings. The molecule has 26 heavy (non-hydrogen) atoms. The fourth-order valence-corrected chi connectivity index (χ4v) is 3.01. The van der Waals surface area contributed by atoms with Crippen molar-refractivity contribution in [2.45, 2.75) is 19.1 Å². The highest BCUT2D eigenvalue weighted by molar-refractivity contribution is 5.81. The van der Waals surface area contributed by atoms with Crippen LogP contribution in [0.5, 0.6) is 5.75 Å². The number of nitrogens with zero attached hydrogens (tertiary/aromatic N) is 4. The molecule has 1 amide bonds. The third-order valence-corrected chi connectivity index (χ3v) is 4.53. The Hall–Kier alpha value is -3.15. The van der Waals surface area contributed by atoms with Gasteiger partial charge in [0.1, 0.15) is 11.4 Å². The second-order valence-electron chi connectivity index (χ2n) is 6.42. The average Bonchev–Trinajstić information content (AvgIpc) is 3.11. The molecule has 6 nitrogen and oxygen atoms in total. The number of likely N-dealkylation sites (tertiary alicyclic amines) is 1. The van der Waals surface area contributed by atoms with Crippen molar-refractivity contribution in [2.24, 2.45) is 0 Å². The Labute approximate surface area is 152 Å². The standard InChI is InChI=1S/C20H20N4O2/c1-15(26-18-10-6-3-7-11-18)20(25)23-12-17(13-23)24-14-19(21-22-24)16-8-4-2-5-9-16/h2-11,14-15,17H,12-13H2,1H3. The highest BCUT2D eigenvalue weighted by Crippen LogP contribution is 2.24. The molecule has 1 atom stereocenters. The molecule has 0 spiro atoms. The first-order chi connectivity index (χ1) is 12.7. The van der Waals surface area contributed by atoms with Crippen LogP contribution in [0, 0.1) is 0 Å². The molecule has 2 aromatic carbocycles. The van der Waals surface area contributed by atoms with Crippen LogP contribution in [-0.4, -0.2) is 45.0 Å². The van der Waals surface area contributed by atoms with Crippen molar-refractivity contribution >= 4 is 5.91 Å². The first-order valence-corrected chi connectivity index (χ1v) is 8.68. The van der Waals surface area contributed by atoms with Crippen LogP contribution in [0.2, 0.25) is 0 Å². The van der Waals surface area contributed by atoms with Crippen LogP contribution in [0.4, 0.5) is 0 Å². The first-order valence-electron chi connectivity index (χ1n) is 8.68. The number of amides is 1. The van der Waals surface area contributed by atoms with Gasteiger partial charge in [-0.25, -0.2) is 4.68 Å². The van der Waals surface area contributed by atoms with Gasteiger partial charge in [0.2, 0.25) is 0 Å². The van der Waals surface area contributed by atoms with Crippen molar-refractivity contribution in [1.82, 2.24) is 19.9 Å². The molecule has 1 unspecified atom stereocenters. The van der Waals surface area contributed by atoms with E-state index in [0.717, 1.165) is 11.3 Å². The number of carbonyl (C=O) groups is 1. The molecule has 132 valence electrons. The summed E-state index contributed by atoms with van der Waals surface area (Å²) >= 11 is 0. The van der Waals surface area contributed by atoms with Gasteiger partial charge in [-0.2, -0.15) is 0 Å². The van der Waals surface area contributed by atoms with E-state index in [1.54, 1.807) is 11.8 Å². The zero-order valence-electron chi connectivity index (χ0n) is 14.5. The summed E-state index contributed by atoms with van der Waals surface area (Å²) in [5, 5.41) is 8.45. The summed E-state index contributed by atoms with van der Waals surface area (Å²) in [6.07, 6.45) is 1.43. The number of carbonyl (C=O) groups excluding carboxylic acids is 1. The minimum absolute atomic E-state index is 0.00602. The summed E-state index contributed by atoms with van der Waals surface area (Å²) < 4.78 is 7.55. The van der Waals surface area contributed by atoms with Crippen molar-refractivity contribution in [3.05, 3.63) is 66.9 Å². The highest BCUT2D eigenvalue weighted by atomic mass is 16.5. The molecule has 1 aromatic heterocycles. The summed E-state index contributed by atoms with van der Waals surface area (Å²) in [5.41, 5.74) is 1.88. The molecule has 0 aliphatic carbocycles. The van der Waals surface area contributed by atoms with Gasteiger partial charge in [-0.15, -0.1) is 5.10 Å². The van der Waals surface area contributed by atoms with Gasteiger partial charge in [-0.1, -0.05) is 53.7 Å². The van der Waals surface area contributed by atoms with Crippen molar-refractivity contribution in [2.75, 3.05) is 13.1 Å². The van der Waals surface area contributed by atoms with Gasteiger partial charge in [0.05, 0.1) is 12.2 Å². The van der Waals surface area contributed by atoms with Gasteiger partial charge >= 0.3 is 0 Å². The van der Waals surface area contributed by atoms with Crippen LogP contribution >= 0.6 is 0 Å². The first kappa shape index (κ1) is 16.3. The quantitative estimate of drug-likeness (QED) is 0.711. The van der Waals surface area contributed by atoms with Crippen molar-refractivity contribution in [3.8, 4) is 17.0 Å². The lowest BCUT2D eigenvalue weighted by molar-refractivity contribution is -0.144. The Morgan fingerprint density at radius 1 is 1.08 bits per heavy atom. The number of ether oxygens (including phenoxy) is 1. The van der Waals surface area contributed by atoms with Gasteiger partial charge in [0, 0.05) is 18.7 Å². The summed E-state index contributed by atoms with van der Waals surface area (Å²) in [6, 6.07) is 19.5. The zero-order chi connectivity index (χ0) is 17.9. The number of aromatic nitrogens is 3. The number of rotatable bonds is 5. The number of hydrogen-bond acceptors (Lipinski definition) is 4. The maximum absolute atomic E-state index is 12.5. The normalized spacial score (nSPS) is 15.3. The lowest BCUT2D eigenvalue weighted by Gasteiger charge is -2.40. The molecule has 0 N–H and O–H groups in total. The van der Waals surface area contributed by atoms with E-state index in [-0.39, 0.29) is 11.9 Å². The van der Waals surface area contributed by atoms with E-state index in [2.05, 4.69) is 10.3 Å². The largest absolute Gasteiger partial charge is 0.481 e. The smallest absolute Gasteiger partial charge is 0.263 e. The Bertz CT molecular complexity index is 873. The van der Waals surface area contributed by atoms with E-state index < -0.39 is 6.10 Å². The maximum Gasteiger partial charge on any atom is 0.263 e. The van der Waals surface area contributed by atoms with Gasteiger partial charge in [-0.3, -0.25) is 4.79 Å². The molecular weight excluding hydrogens is 328 g/mol. The monoisotopic (exact) mass is 348 g/mol. The summed E-state index contributed by atoms with van der Waals surface area (Å²) in [7, 11) is 0. The van der Waals surface area contributed by atoms with Crippen molar-refractivity contribution < 1.29 is 9.53 Å². The minimum Gasteiger partial charge on any atom is -0.481 e. The Morgan fingerprint density at radius 3 is 2.42 bits per heavy atom. The third kappa shape index (κ3) is 3.31. The Morgan fingerprint density at radius 2 is 1.73 bits per heavy atom. The van der Waals surface area contributed by atoms with Crippen LogP contribution in [-0.2, 0) is 4.79 Å². The number of para-hydroxylation sites is 1. The molecule has 6 heteroatoms.